The highest BCUT2D eigenvalue weighted by atomic mass is 32.1. The van der Waals surface area contributed by atoms with Crippen LogP contribution in [0, 0.1) is 6.92 Å². The molecular weight excluding hydrogens is 370 g/mol. The molecule has 8 heteroatoms. The van der Waals surface area contributed by atoms with Crippen molar-refractivity contribution in [3.63, 3.8) is 0 Å². The van der Waals surface area contributed by atoms with Gasteiger partial charge in [0, 0.05) is 5.56 Å². The maximum Gasteiger partial charge on any atom is 0.281 e. The first-order valence-electron chi connectivity index (χ1n) is 7.93. The van der Waals surface area contributed by atoms with Crippen LogP contribution in [0.15, 0.2) is 41.8 Å². The molecule has 0 spiro atoms. The summed E-state index contributed by atoms with van der Waals surface area (Å²) in [6.07, 6.45) is 0. The van der Waals surface area contributed by atoms with Crippen LogP contribution in [0.25, 0.3) is 9.88 Å². The van der Waals surface area contributed by atoms with E-state index in [2.05, 4.69) is 15.8 Å². The molecule has 2 N–H and O–H groups in total. The number of ether oxygens (including phenoxy) is 1. The van der Waals surface area contributed by atoms with E-state index < -0.39 is 5.91 Å². The zero-order valence-electron chi connectivity index (χ0n) is 14.2. The summed E-state index contributed by atoms with van der Waals surface area (Å²) in [6.45, 7) is 4.22. The van der Waals surface area contributed by atoms with E-state index in [1.165, 1.54) is 11.3 Å². The minimum Gasteiger partial charge on any atom is -0.494 e. The summed E-state index contributed by atoms with van der Waals surface area (Å²) in [5, 5.41) is 2.75. The van der Waals surface area contributed by atoms with Gasteiger partial charge in [-0.1, -0.05) is 6.07 Å². The number of nitrogens with zero attached hydrogens (tertiary/aromatic N) is 1. The normalized spacial score (nSPS) is 10.4. The largest absolute Gasteiger partial charge is 0.494 e. The van der Waals surface area contributed by atoms with Gasteiger partial charge in [-0.2, -0.15) is 0 Å². The average Bonchev–Trinajstić information content (AvgIpc) is 3.30. The molecule has 0 aliphatic rings. The van der Waals surface area contributed by atoms with Crippen molar-refractivity contribution in [2.75, 3.05) is 6.61 Å². The van der Waals surface area contributed by atoms with Gasteiger partial charge in [0.1, 0.15) is 15.6 Å². The van der Waals surface area contributed by atoms with E-state index in [0.29, 0.717) is 28.5 Å². The number of hydrogen-bond acceptors (Lipinski definition) is 6. The molecule has 2 heterocycles. The van der Waals surface area contributed by atoms with Crippen molar-refractivity contribution in [2.24, 2.45) is 0 Å². The first kappa shape index (κ1) is 18.1. The predicted molar refractivity (Wildman–Crippen MR) is 103 cm³/mol. The second-order valence-electron chi connectivity index (χ2n) is 5.28. The lowest BCUT2D eigenvalue weighted by Gasteiger charge is -2.07. The van der Waals surface area contributed by atoms with Crippen molar-refractivity contribution >= 4 is 34.5 Å². The van der Waals surface area contributed by atoms with Crippen molar-refractivity contribution in [3.05, 3.63) is 57.9 Å². The number of rotatable bonds is 5. The smallest absolute Gasteiger partial charge is 0.281 e. The number of aromatic nitrogens is 1. The summed E-state index contributed by atoms with van der Waals surface area (Å²) in [4.78, 5) is 30.4. The Labute approximate surface area is 158 Å². The molecule has 6 nitrogen and oxygen atoms in total. The highest BCUT2D eigenvalue weighted by molar-refractivity contribution is 7.22. The standard InChI is InChI=1S/C18H17N3O3S2/c1-3-24-13-8-6-12(7-9-13)16(22)20-21-17(23)15-11(2)19-18(26-15)14-5-4-10-25-14/h4-10H,3H2,1-2H3,(H,20,22)(H,21,23). The Bertz CT molecular complexity index is 902. The number of nitrogens with one attached hydrogen (secondary N) is 2. The monoisotopic (exact) mass is 387 g/mol. The fraction of sp³-hybridized carbons (Fsp3) is 0.167. The molecule has 0 atom stereocenters. The number of aryl methyl sites for hydroxylation is 1. The average molecular weight is 387 g/mol. The second kappa shape index (κ2) is 8.11. The van der Waals surface area contributed by atoms with Gasteiger partial charge in [-0.15, -0.1) is 22.7 Å². The molecular formula is C18H17N3O3S2. The molecule has 2 amide bonds. The molecule has 0 bridgehead atoms. The number of benzene rings is 1. The highest BCUT2D eigenvalue weighted by Crippen LogP contribution is 2.30. The summed E-state index contributed by atoms with van der Waals surface area (Å²) in [7, 11) is 0. The number of amides is 2. The number of thiophene rings is 1. The second-order valence-corrected chi connectivity index (χ2v) is 7.22. The van der Waals surface area contributed by atoms with E-state index >= 15 is 0 Å². The van der Waals surface area contributed by atoms with Gasteiger partial charge in [0.2, 0.25) is 0 Å². The van der Waals surface area contributed by atoms with Crippen molar-refractivity contribution in [1.82, 2.24) is 15.8 Å². The summed E-state index contributed by atoms with van der Waals surface area (Å²) in [5.41, 5.74) is 5.92. The van der Waals surface area contributed by atoms with Crippen LogP contribution in [0.1, 0.15) is 32.6 Å². The van der Waals surface area contributed by atoms with Crippen LogP contribution >= 0.6 is 22.7 Å². The first-order valence-corrected chi connectivity index (χ1v) is 9.63. The molecule has 134 valence electrons. The van der Waals surface area contributed by atoms with Crippen LogP contribution in [0.5, 0.6) is 5.75 Å². The SMILES string of the molecule is CCOc1ccc(C(=O)NNC(=O)c2sc(-c3cccs3)nc2C)cc1. The fourth-order valence-electron chi connectivity index (χ4n) is 2.22. The molecule has 2 aromatic heterocycles. The van der Waals surface area contributed by atoms with Crippen LogP contribution in [0.4, 0.5) is 0 Å². The Morgan fingerprint density at radius 2 is 1.85 bits per heavy atom. The Kier molecular flexibility index (Phi) is 5.65. The number of hydrogen-bond donors (Lipinski definition) is 2. The molecule has 3 rings (SSSR count). The Hall–Kier alpha value is -2.71. The zero-order valence-corrected chi connectivity index (χ0v) is 15.9. The van der Waals surface area contributed by atoms with Crippen LogP contribution in [0.3, 0.4) is 0 Å². The minimum absolute atomic E-state index is 0.387. The molecule has 0 fully saturated rings. The number of carbonyl (C=O) groups excluding carboxylic acids is 2. The molecule has 26 heavy (non-hydrogen) atoms. The Balaban J connectivity index is 1.62. The minimum atomic E-state index is -0.401. The third-order valence-electron chi connectivity index (χ3n) is 3.45. The van der Waals surface area contributed by atoms with Crippen molar-refractivity contribution < 1.29 is 14.3 Å². The zero-order chi connectivity index (χ0) is 18.5. The molecule has 1 aromatic carbocycles. The van der Waals surface area contributed by atoms with Crippen LogP contribution in [0.2, 0.25) is 0 Å². The van der Waals surface area contributed by atoms with Crippen molar-refractivity contribution in [1.29, 1.82) is 0 Å². The summed E-state index contributed by atoms with van der Waals surface area (Å²) < 4.78 is 5.34. The summed E-state index contributed by atoms with van der Waals surface area (Å²) in [6, 6.07) is 10.6. The number of thiazole rings is 1. The number of hydrazine groups is 1. The van der Waals surface area contributed by atoms with E-state index in [9.17, 15) is 9.59 Å². The van der Waals surface area contributed by atoms with E-state index in [-0.39, 0.29) is 5.91 Å². The lowest BCUT2D eigenvalue weighted by Crippen LogP contribution is -2.41. The van der Waals surface area contributed by atoms with Crippen molar-refractivity contribution in [2.45, 2.75) is 13.8 Å². The fourth-order valence-corrected chi connectivity index (χ4v) is 3.98. The lowest BCUT2D eigenvalue weighted by atomic mass is 10.2. The van der Waals surface area contributed by atoms with Gasteiger partial charge in [0.15, 0.2) is 0 Å². The third kappa shape index (κ3) is 4.09. The molecule has 0 aliphatic carbocycles. The van der Waals surface area contributed by atoms with Gasteiger partial charge in [-0.05, 0) is 49.6 Å². The van der Waals surface area contributed by atoms with Gasteiger partial charge >= 0.3 is 0 Å². The molecule has 0 saturated heterocycles. The van der Waals surface area contributed by atoms with Gasteiger partial charge in [-0.3, -0.25) is 20.4 Å². The van der Waals surface area contributed by atoms with E-state index in [4.69, 9.17) is 4.74 Å². The van der Waals surface area contributed by atoms with Crippen LogP contribution < -0.4 is 15.6 Å². The van der Waals surface area contributed by atoms with Crippen LogP contribution in [-0.4, -0.2) is 23.4 Å². The van der Waals surface area contributed by atoms with E-state index in [1.807, 2.05) is 24.4 Å². The van der Waals surface area contributed by atoms with Gasteiger partial charge in [-0.25, -0.2) is 4.98 Å². The topological polar surface area (TPSA) is 80.3 Å². The summed E-state index contributed by atoms with van der Waals surface area (Å²) in [5.74, 6) is -0.0985. The van der Waals surface area contributed by atoms with Gasteiger partial charge < -0.3 is 4.74 Å². The Morgan fingerprint density at radius 1 is 1.12 bits per heavy atom. The Morgan fingerprint density at radius 3 is 2.50 bits per heavy atom. The maximum atomic E-state index is 12.4. The molecule has 0 radical (unpaired) electrons. The first-order chi connectivity index (χ1) is 12.6. The van der Waals surface area contributed by atoms with E-state index in [1.54, 1.807) is 42.5 Å². The number of carbonyl (C=O) groups is 2. The molecule has 3 aromatic rings. The van der Waals surface area contributed by atoms with E-state index in [0.717, 1.165) is 9.88 Å². The molecule has 0 unspecified atom stereocenters. The van der Waals surface area contributed by atoms with Crippen molar-refractivity contribution in [3.8, 4) is 15.6 Å². The van der Waals surface area contributed by atoms with Gasteiger partial charge in [0.05, 0.1) is 17.2 Å². The maximum absolute atomic E-state index is 12.4. The predicted octanol–water partition coefficient (Wildman–Crippen LogP) is 3.65. The highest BCUT2D eigenvalue weighted by Gasteiger charge is 2.17. The van der Waals surface area contributed by atoms with Crippen LogP contribution in [-0.2, 0) is 0 Å². The lowest BCUT2D eigenvalue weighted by molar-refractivity contribution is 0.0848. The molecule has 0 aliphatic heterocycles. The van der Waals surface area contributed by atoms with Gasteiger partial charge in [0.25, 0.3) is 11.8 Å². The quantitative estimate of drug-likeness (QED) is 0.655. The molecule has 0 saturated carbocycles. The summed E-state index contributed by atoms with van der Waals surface area (Å²) >= 11 is 2.87. The third-order valence-corrected chi connectivity index (χ3v) is 5.65.